The standard InChI is InChI=1S/C12H19NO5/c1-16-12(15)10-7-13(4-6-18-10)11(14)9-3-2-5-17-8-9/h9-10H,2-8H2,1H3. The van der Waals surface area contributed by atoms with Crippen LogP contribution in [-0.2, 0) is 23.8 Å². The lowest BCUT2D eigenvalue weighted by molar-refractivity contribution is -0.164. The predicted octanol–water partition coefficient (Wildman–Crippen LogP) is -0.187. The highest BCUT2D eigenvalue weighted by molar-refractivity contribution is 5.81. The van der Waals surface area contributed by atoms with E-state index in [9.17, 15) is 9.59 Å². The van der Waals surface area contributed by atoms with Gasteiger partial charge in [-0.3, -0.25) is 4.79 Å². The molecule has 0 spiro atoms. The number of hydrogen-bond acceptors (Lipinski definition) is 5. The molecule has 2 atom stereocenters. The van der Waals surface area contributed by atoms with E-state index in [4.69, 9.17) is 9.47 Å². The van der Waals surface area contributed by atoms with Gasteiger partial charge in [0.2, 0.25) is 5.91 Å². The van der Waals surface area contributed by atoms with E-state index in [2.05, 4.69) is 4.74 Å². The Hall–Kier alpha value is -1.14. The zero-order chi connectivity index (χ0) is 13.0. The molecule has 0 bridgehead atoms. The molecule has 2 aliphatic rings. The molecule has 0 saturated carbocycles. The van der Waals surface area contributed by atoms with Crippen LogP contribution in [0, 0.1) is 5.92 Å². The summed E-state index contributed by atoms with van der Waals surface area (Å²) in [6.07, 6.45) is 1.12. The van der Waals surface area contributed by atoms with E-state index in [1.165, 1.54) is 7.11 Å². The van der Waals surface area contributed by atoms with Crippen molar-refractivity contribution < 1.29 is 23.8 Å². The van der Waals surface area contributed by atoms with Gasteiger partial charge in [-0.05, 0) is 12.8 Å². The van der Waals surface area contributed by atoms with Crippen molar-refractivity contribution in [3.8, 4) is 0 Å². The van der Waals surface area contributed by atoms with Crippen molar-refractivity contribution in [2.75, 3.05) is 40.0 Å². The lowest BCUT2D eigenvalue weighted by atomic mass is 10.0. The molecule has 6 heteroatoms. The smallest absolute Gasteiger partial charge is 0.336 e. The molecule has 2 aliphatic heterocycles. The predicted molar refractivity (Wildman–Crippen MR) is 61.9 cm³/mol. The van der Waals surface area contributed by atoms with Crippen molar-refractivity contribution >= 4 is 11.9 Å². The van der Waals surface area contributed by atoms with E-state index in [-0.39, 0.29) is 18.4 Å². The van der Waals surface area contributed by atoms with Crippen molar-refractivity contribution in [1.29, 1.82) is 0 Å². The van der Waals surface area contributed by atoms with Crippen LogP contribution in [0.4, 0.5) is 0 Å². The molecule has 0 aliphatic carbocycles. The van der Waals surface area contributed by atoms with E-state index in [1.54, 1.807) is 4.90 Å². The van der Waals surface area contributed by atoms with E-state index in [1.807, 2.05) is 0 Å². The molecule has 102 valence electrons. The minimum Gasteiger partial charge on any atom is -0.467 e. The highest BCUT2D eigenvalue weighted by Crippen LogP contribution is 2.18. The molecule has 2 rings (SSSR count). The first-order valence-electron chi connectivity index (χ1n) is 6.28. The third-order valence-electron chi connectivity index (χ3n) is 3.35. The number of esters is 1. The van der Waals surface area contributed by atoms with E-state index in [0.29, 0.717) is 19.8 Å². The summed E-state index contributed by atoms with van der Waals surface area (Å²) in [7, 11) is 1.32. The lowest BCUT2D eigenvalue weighted by Crippen LogP contribution is -2.51. The molecule has 0 aromatic carbocycles. The molecule has 0 aromatic heterocycles. The minimum atomic E-state index is -0.655. The van der Waals surface area contributed by atoms with E-state index < -0.39 is 12.1 Å². The molecule has 2 unspecified atom stereocenters. The number of hydrogen-bond donors (Lipinski definition) is 0. The summed E-state index contributed by atoms with van der Waals surface area (Å²) in [4.78, 5) is 25.3. The Bertz CT molecular complexity index is 314. The van der Waals surface area contributed by atoms with Crippen LogP contribution >= 0.6 is 0 Å². The Morgan fingerprint density at radius 1 is 1.33 bits per heavy atom. The molecule has 2 saturated heterocycles. The van der Waals surface area contributed by atoms with Crippen LogP contribution in [0.3, 0.4) is 0 Å². The van der Waals surface area contributed by atoms with Gasteiger partial charge in [0.05, 0.1) is 32.8 Å². The second-order valence-corrected chi connectivity index (χ2v) is 4.58. The monoisotopic (exact) mass is 257 g/mol. The SMILES string of the molecule is COC(=O)C1CN(C(=O)C2CCCOC2)CCO1. The first-order valence-corrected chi connectivity index (χ1v) is 6.28. The second-order valence-electron chi connectivity index (χ2n) is 4.58. The Morgan fingerprint density at radius 3 is 2.83 bits per heavy atom. The highest BCUT2D eigenvalue weighted by atomic mass is 16.6. The Balaban J connectivity index is 1.91. The van der Waals surface area contributed by atoms with Gasteiger partial charge in [0.1, 0.15) is 0 Å². The van der Waals surface area contributed by atoms with Crippen LogP contribution in [0.15, 0.2) is 0 Å². The van der Waals surface area contributed by atoms with Crippen molar-refractivity contribution in [2.45, 2.75) is 18.9 Å². The second kappa shape index (κ2) is 6.15. The van der Waals surface area contributed by atoms with Gasteiger partial charge in [-0.25, -0.2) is 4.79 Å². The van der Waals surface area contributed by atoms with Gasteiger partial charge in [0.15, 0.2) is 6.10 Å². The molecule has 0 N–H and O–H groups in total. The normalized spacial score (nSPS) is 28.8. The molecule has 1 amide bonds. The number of ether oxygens (including phenoxy) is 3. The van der Waals surface area contributed by atoms with Crippen LogP contribution in [0.25, 0.3) is 0 Å². The highest BCUT2D eigenvalue weighted by Gasteiger charge is 2.33. The maximum Gasteiger partial charge on any atom is 0.336 e. The Morgan fingerprint density at radius 2 is 2.17 bits per heavy atom. The summed E-state index contributed by atoms with van der Waals surface area (Å²) in [6.45, 7) is 2.40. The maximum atomic E-state index is 12.2. The van der Waals surface area contributed by atoms with Crippen LogP contribution < -0.4 is 0 Å². The number of nitrogens with zero attached hydrogens (tertiary/aromatic N) is 1. The number of amides is 1. The van der Waals surface area contributed by atoms with Crippen molar-refractivity contribution in [3.05, 3.63) is 0 Å². The maximum absolute atomic E-state index is 12.2. The van der Waals surface area contributed by atoms with Gasteiger partial charge < -0.3 is 19.1 Å². The van der Waals surface area contributed by atoms with Gasteiger partial charge >= 0.3 is 5.97 Å². The van der Waals surface area contributed by atoms with Crippen molar-refractivity contribution in [2.24, 2.45) is 5.92 Å². The zero-order valence-electron chi connectivity index (χ0n) is 10.6. The quantitative estimate of drug-likeness (QED) is 0.642. The van der Waals surface area contributed by atoms with Gasteiger partial charge in [-0.1, -0.05) is 0 Å². The average molecular weight is 257 g/mol. The first kappa shape index (κ1) is 13.3. The Kier molecular flexibility index (Phi) is 4.54. The molecule has 2 fully saturated rings. The molecule has 6 nitrogen and oxygen atoms in total. The number of methoxy groups -OCH3 is 1. The van der Waals surface area contributed by atoms with Gasteiger partial charge in [-0.2, -0.15) is 0 Å². The van der Waals surface area contributed by atoms with E-state index in [0.717, 1.165) is 19.4 Å². The number of rotatable bonds is 2. The van der Waals surface area contributed by atoms with Gasteiger partial charge in [0.25, 0.3) is 0 Å². The summed E-state index contributed by atoms with van der Waals surface area (Å²) in [6, 6.07) is 0. The average Bonchev–Trinajstić information content (AvgIpc) is 2.46. The molecule has 18 heavy (non-hydrogen) atoms. The summed E-state index contributed by atoms with van der Waals surface area (Å²) >= 11 is 0. The summed E-state index contributed by atoms with van der Waals surface area (Å²) < 4.78 is 15.3. The van der Waals surface area contributed by atoms with Gasteiger partial charge in [-0.15, -0.1) is 0 Å². The Labute approximate surface area is 106 Å². The molecule has 0 radical (unpaired) electrons. The van der Waals surface area contributed by atoms with E-state index >= 15 is 0 Å². The van der Waals surface area contributed by atoms with Crippen LogP contribution in [0.1, 0.15) is 12.8 Å². The number of morpholine rings is 1. The topological polar surface area (TPSA) is 65.1 Å². The van der Waals surface area contributed by atoms with Crippen LogP contribution in [-0.4, -0.2) is 62.9 Å². The summed E-state index contributed by atoms with van der Waals surface area (Å²) in [5, 5.41) is 0. The van der Waals surface area contributed by atoms with Crippen molar-refractivity contribution in [1.82, 2.24) is 4.90 Å². The molecule has 2 heterocycles. The summed E-state index contributed by atoms with van der Waals surface area (Å²) in [5.74, 6) is -0.436. The van der Waals surface area contributed by atoms with Crippen molar-refractivity contribution in [3.63, 3.8) is 0 Å². The largest absolute Gasteiger partial charge is 0.467 e. The third-order valence-corrected chi connectivity index (χ3v) is 3.35. The van der Waals surface area contributed by atoms with Crippen LogP contribution in [0.2, 0.25) is 0 Å². The molecular weight excluding hydrogens is 238 g/mol. The molecule has 0 aromatic rings. The lowest BCUT2D eigenvalue weighted by Gasteiger charge is -2.34. The van der Waals surface area contributed by atoms with Gasteiger partial charge in [0, 0.05) is 13.2 Å². The molecular formula is C12H19NO5. The third kappa shape index (κ3) is 3.00. The fourth-order valence-corrected chi connectivity index (χ4v) is 2.32. The minimum absolute atomic E-state index is 0.0619. The zero-order valence-corrected chi connectivity index (χ0v) is 10.6. The number of carbonyl (C=O) groups excluding carboxylic acids is 2. The van der Waals surface area contributed by atoms with Crippen LogP contribution in [0.5, 0.6) is 0 Å². The fourth-order valence-electron chi connectivity index (χ4n) is 2.32. The summed E-state index contributed by atoms with van der Waals surface area (Å²) in [5.41, 5.74) is 0. The fraction of sp³-hybridized carbons (Fsp3) is 0.833. The first-order chi connectivity index (χ1) is 8.72. The number of carbonyl (C=O) groups is 2.